The summed E-state index contributed by atoms with van der Waals surface area (Å²) in [6.07, 6.45) is -4.60. The van der Waals surface area contributed by atoms with Crippen molar-refractivity contribution in [2.45, 2.75) is 63.2 Å². The third-order valence-corrected chi connectivity index (χ3v) is 10.7. The van der Waals surface area contributed by atoms with E-state index in [1.165, 1.54) is 72.8 Å². The number of carbonyl (C=O) groups is 2. The minimum absolute atomic E-state index is 0.246. The van der Waals surface area contributed by atoms with Crippen molar-refractivity contribution < 1.29 is 44.7 Å². The number of benzene rings is 4. The number of amides is 4. The molecule has 4 atom stereocenters. The summed E-state index contributed by atoms with van der Waals surface area (Å²) < 4.78 is 105. The Kier molecular flexibility index (Phi) is 12.3. The van der Waals surface area contributed by atoms with E-state index in [1.54, 1.807) is 34.3 Å². The number of nitrogens with zero attached hydrogens (tertiary/aromatic N) is 4. The maximum atomic E-state index is 13.2. The first kappa shape index (κ1) is 43.3. The van der Waals surface area contributed by atoms with E-state index in [0.29, 0.717) is 46.7 Å². The molecule has 0 radical (unpaired) electrons. The molecule has 2 aliphatic rings. The third-order valence-electron chi connectivity index (χ3n) is 10.7. The van der Waals surface area contributed by atoms with Crippen molar-refractivity contribution >= 4 is 23.4 Å². The Morgan fingerprint density at radius 3 is 1.19 bits per heavy atom. The Morgan fingerprint density at radius 1 is 0.532 bits per heavy atom. The Morgan fingerprint density at radius 2 is 0.871 bits per heavy atom. The van der Waals surface area contributed by atoms with Gasteiger partial charge in [-0.25, -0.2) is 18.4 Å². The predicted molar refractivity (Wildman–Crippen MR) is 216 cm³/mol. The van der Waals surface area contributed by atoms with Gasteiger partial charge in [0.2, 0.25) is 0 Å². The van der Waals surface area contributed by atoms with Crippen molar-refractivity contribution in [2.75, 3.05) is 10.6 Å². The van der Waals surface area contributed by atoms with Gasteiger partial charge < -0.3 is 20.4 Å². The summed E-state index contributed by atoms with van der Waals surface area (Å²) in [7, 11) is 0. The molecule has 4 aromatic carbocycles. The van der Waals surface area contributed by atoms with Gasteiger partial charge in [-0.2, -0.15) is 26.3 Å². The number of anilines is 2. The molecule has 6 aromatic rings. The second kappa shape index (κ2) is 17.6. The first-order valence-electron chi connectivity index (χ1n) is 19.4. The van der Waals surface area contributed by atoms with Gasteiger partial charge in [-0.15, -0.1) is 0 Å². The lowest BCUT2D eigenvalue weighted by Crippen LogP contribution is -2.48. The van der Waals surface area contributed by atoms with Crippen molar-refractivity contribution in [1.82, 2.24) is 19.8 Å². The van der Waals surface area contributed by atoms with E-state index in [-0.39, 0.29) is 12.1 Å². The van der Waals surface area contributed by atoms with E-state index >= 15 is 0 Å². The fourth-order valence-corrected chi connectivity index (χ4v) is 7.77. The molecule has 0 aliphatic carbocycles. The summed E-state index contributed by atoms with van der Waals surface area (Å²) in [6, 6.07) is 25.0. The van der Waals surface area contributed by atoms with E-state index in [0.717, 1.165) is 35.4 Å². The highest BCUT2D eigenvalue weighted by atomic mass is 19.4. The van der Waals surface area contributed by atoms with Gasteiger partial charge in [0.1, 0.15) is 23.7 Å². The van der Waals surface area contributed by atoms with Crippen molar-refractivity contribution in [2.24, 2.45) is 0 Å². The predicted octanol–water partition coefficient (Wildman–Crippen LogP) is 11.6. The Labute approximate surface area is 351 Å². The molecule has 320 valence electrons. The molecular weight excluding hydrogens is 821 g/mol. The molecule has 0 spiro atoms. The number of rotatable bonds is 4. The van der Waals surface area contributed by atoms with E-state index < -0.39 is 59.3 Å². The minimum Gasteiger partial charge on any atom is -0.309 e. The van der Waals surface area contributed by atoms with Crippen LogP contribution >= 0.6 is 0 Å². The molecule has 0 bridgehead atoms. The van der Waals surface area contributed by atoms with Crippen LogP contribution in [0.3, 0.4) is 0 Å². The lowest BCUT2D eigenvalue weighted by Gasteiger charge is -2.41. The van der Waals surface area contributed by atoms with Crippen molar-refractivity contribution in [3.8, 4) is 0 Å². The van der Waals surface area contributed by atoms with E-state index in [2.05, 4.69) is 20.6 Å². The number of halogens is 8. The quantitative estimate of drug-likeness (QED) is 0.173. The maximum Gasteiger partial charge on any atom is 0.416 e. The van der Waals surface area contributed by atoms with Crippen LogP contribution in [0.15, 0.2) is 134 Å². The zero-order valence-electron chi connectivity index (χ0n) is 33.1. The van der Waals surface area contributed by atoms with Crippen LogP contribution in [0, 0.1) is 11.6 Å². The van der Waals surface area contributed by atoms with Crippen LogP contribution in [0.4, 0.5) is 56.1 Å². The van der Waals surface area contributed by atoms with E-state index in [9.17, 15) is 44.7 Å². The van der Waals surface area contributed by atoms with Crippen LogP contribution in [-0.4, -0.2) is 43.9 Å². The average Bonchev–Trinajstić information content (AvgIpc) is 3.24. The number of pyridine rings is 2. The molecule has 4 amide bonds. The highest BCUT2D eigenvalue weighted by Crippen LogP contribution is 2.40. The number of aromatic nitrogens is 2. The van der Waals surface area contributed by atoms with Gasteiger partial charge in [-0.05, 0) is 134 Å². The lowest BCUT2D eigenvalue weighted by molar-refractivity contribution is -0.138. The van der Waals surface area contributed by atoms with Crippen LogP contribution in [0.25, 0.3) is 0 Å². The normalized spacial score (nSPS) is 18.4. The first-order valence-corrected chi connectivity index (χ1v) is 19.4. The largest absolute Gasteiger partial charge is 0.416 e. The molecule has 0 unspecified atom stereocenters. The van der Waals surface area contributed by atoms with E-state index in [4.69, 9.17) is 0 Å². The third kappa shape index (κ3) is 9.54. The maximum absolute atomic E-state index is 13.2. The number of alkyl halides is 6. The Bertz CT molecular complexity index is 2340. The molecule has 8 rings (SSSR count). The molecule has 62 heavy (non-hydrogen) atoms. The van der Waals surface area contributed by atoms with Gasteiger partial charge in [0.05, 0.1) is 22.5 Å². The zero-order valence-corrected chi connectivity index (χ0v) is 33.1. The average molecular weight is 859 g/mol. The zero-order chi connectivity index (χ0) is 44.3. The number of urea groups is 2. The number of hydrogen-bond acceptors (Lipinski definition) is 4. The summed E-state index contributed by atoms with van der Waals surface area (Å²) >= 11 is 0. The van der Waals surface area contributed by atoms with Crippen LogP contribution in [-0.2, 0) is 25.2 Å². The van der Waals surface area contributed by atoms with Gasteiger partial charge in [0, 0.05) is 35.9 Å². The van der Waals surface area contributed by atoms with Crippen LogP contribution in [0.2, 0.25) is 0 Å². The molecule has 0 fully saturated rings. The number of fused-ring (bicyclic) bond motifs is 2. The summed E-state index contributed by atoms with van der Waals surface area (Å²) in [6.45, 7) is 3.74. The number of nitrogens with one attached hydrogen (secondary N) is 2. The molecule has 0 saturated carbocycles. The standard InChI is InChI=1S/2C23H19F4N3O/c2*1-14-13-16-3-2-12-28-20(16)21(15-4-6-17(7-5-15)23(25,26)27)30(14)22(31)29-19-10-8-18(24)9-11-19/h2*2-12,14,21H,13H2,1H3,(H,29,31)/t2*14-,21+/m10/s1. The van der Waals surface area contributed by atoms with Gasteiger partial charge in [-0.1, -0.05) is 36.4 Å². The fraction of sp³-hybridized carbons (Fsp3) is 0.217. The fourth-order valence-electron chi connectivity index (χ4n) is 7.77. The molecule has 4 heterocycles. The molecule has 0 saturated heterocycles. The highest BCUT2D eigenvalue weighted by molar-refractivity contribution is 5.91. The molecule has 2 aliphatic heterocycles. The molecule has 2 aromatic heterocycles. The molecular formula is C46H38F8N6O2. The summed E-state index contributed by atoms with van der Waals surface area (Å²) in [4.78, 5) is 38.4. The second-order valence-electron chi connectivity index (χ2n) is 14.9. The summed E-state index contributed by atoms with van der Waals surface area (Å²) in [5, 5.41) is 5.50. The van der Waals surface area contributed by atoms with Crippen molar-refractivity contribution in [3.63, 3.8) is 0 Å². The smallest absolute Gasteiger partial charge is 0.309 e. The Balaban J connectivity index is 0.000000186. The van der Waals surface area contributed by atoms with E-state index in [1.807, 2.05) is 26.0 Å². The number of hydrogen-bond donors (Lipinski definition) is 2. The van der Waals surface area contributed by atoms with Crippen LogP contribution in [0.1, 0.15) is 70.7 Å². The van der Waals surface area contributed by atoms with Gasteiger partial charge in [0.15, 0.2) is 0 Å². The molecule has 16 heteroatoms. The SMILES string of the molecule is C[C@@H]1Cc2cccnc2[C@H](c2ccc(C(F)(F)F)cc2)N1C(=O)Nc1ccc(F)cc1.C[C@H]1Cc2cccnc2[C@@H](c2ccc(C(F)(F)F)cc2)N1C(=O)Nc1ccc(F)cc1. The summed E-state index contributed by atoms with van der Waals surface area (Å²) in [5.41, 5.74) is 3.46. The monoisotopic (exact) mass is 858 g/mol. The van der Waals surface area contributed by atoms with Gasteiger partial charge in [-0.3, -0.25) is 9.97 Å². The first-order chi connectivity index (χ1) is 29.5. The van der Waals surface area contributed by atoms with Gasteiger partial charge in [0.25, 0.3) is 0 Å². The number of carbonyl (C=O) groups excluding carboxylic acids is 2. The lowest BCUT2D eigenvalue weighted by atomic mass is 9.88. The second-order valence-corrected chi connectivity index (χ2v) is 14.9. The molecule has 2 N–H and O–H groups in total. The van der Waals surface area contributed by atoms with Crippen LogP contribution < -0.4 is 10.6 Å². The minimum atomic E-state index is -4.45. The van der Waals surface area contributed by atoms with Gasteiger partial charge >= 0.3 is 24.4 Å². The van der Waals surface area contributed by atoms with Crippen molar-refractivity contribution in [1.29, 1.82) is 0 Å². The summed E-state index contributed by atoms with van der Waals surface area (Å²) in [5.74, 6) is -0.852. The van der Waals surface area contributed by atoms with Crippen molar-refractivity contribution in [3.05, 3.63) is 190 Å². The Hall–Kier alpha value is -6.84. The molecule has 8 nitrogen and oxygen atoms in total. The highest BCUT2D eigenvalue weighted by Gasteiger charge is 2.40. The topological polar surface area (TPSA) is 90.5 Å². The van der Waals surface area contributed by atoms with Crippen LogP contribution in [0.5, 0.6) is 0 Å².